The van der Waals surface area contributed by atoms with Crippen LogP contribution >= 0.6 is 0 Å². The summed E-state index contributed by atoms with van der Waals surface area (Å²) in [5.41, 5.74) is 0. The standard InChI is InChI=1S/C10H20O/c1-4-9(2)6-5-7-10(3)8-11/h4,9-11H,1,5-8H2,2-3H3. The Morgan fingerprint density at radius 2 is 2.00 bits per heavy atom. The van der Waals surface area contributed by atoms with Gasteiger partial charge in [0.15, 0.2) is 0 Å². The van der Waals surface area contributed by atoms with E-state index < -0.39 is 0 Å². The molecule has 0 saturated carbocycles. The first-order valence-electron chi connectivity index (χ1n) is 4.44. The molecule has 1 nitrogen and oxygen atoms in total. The number of aliphatic hydroxyl groups is 1. The first-order valence-corrected chi connectivity index (χ1v) is 4.44. The van der Waals surface area contributed by atoms with Crippen molar-refractivity contribution in [1.82, 2.24) is 0 Å². The highest BCUT2D eigenvalue weighted by molar-refractivity contribution is 4.74. The molecule has 11 heavy (non-hydrogen) atoms. The molecule has 0 radical (unpaired) electrons. The van der Waals surface area contributed by atoms with Crippen LogP contribution < -0.4 is 0 Å². The van der Waals surface area contributed by atoms with Crippen LogP contribution in [0.5, 0.6) is 0 Å². The number of hydrogen-bond donors (Lipinski definition) is 1. The molecule has 0 aromatic carbocycles. The summed E-state index contributed by atoms with van der Waals surface area (Å²) < 4.78 is 0. The van der Waals surface area contributed by atoms with Crippen molar-refractivity contribution in [3.8, 4) is 0 Å². The Morgan fingerprint density at radius 1 is 1.36 bits per heavy atom. The molecule has 66 valence electrons. The van der Waals surface area contributed by atoms with Crippen molar-refractivity contribution in [1.29, 1.82) is 0 Å². The molecular formula is C10H20O. The van der Waals surface area contributed by atoms with Gasteiger partial charge >= 0.3 is 0 Å². The quantitative estimate of drug-likeness (QED) is 0.586. The lowest BCUT2D eigenvalue weighted by atomic mass is 9.99. The molecular weight excluding hydrogens is 136 g/mol. The minimum Gasteiger partial charge on any atom is -0.396 e. The fraction of sp³-hybridized carbons (Fsp3) is 0.800. The lowest BCUT2D eigenvalue weighted by molar-refractivity contribution is 0.226. The second kappa shape index (κ2) is 6.41. The maximum absolute atomic E-state index is 8.74. The van der Waals surface area contributed by atoms with Crippen LogP contribution in [0.2, 0.25) is 0 Å². The van der Waals surface area contributed by atoms with Crippen LogP contribution in [-0.2, 0) is 0 Å². The van der Waals surface area contributed by atoms with Gasteiger partial charge in [-0.3, -0.25) is 0 Å². The minimum absolute atomic E-state index is 0.322. The van der Waals surface area contributed by atoms with E-state index in [0.29, 0.717) is 18.4 Å². The molecule has 0 bridgehead atoms. The summed E-state index contributed by atoms with van der Waals surface area (Å²) >= 11 is 0. The SMILES string of the molecule is C=CC(C)CCCC(C)CO. The van der Waals surface area contributed by atoms with E-state index in [1.165, 1.54) is 12.8 Å². The Morgan fingerprint density at radius 3 is 2.45 bits per heavy atom. The molecule has 0 fully saturated rings. The summed E-state index contributed by atoms with van der Waals surface area (Å²) in [5, 5.41) is 8.74. The van der Waals surface area contributed by atoms with Crippen LogP contribution in [-0.4, -0.2) is 11.7 Å². The highest BCUT2D eigenvalue weighted by atomic mass is 16.3. The third kappa shape index (κ3) is 6.11. The lowest BCUT2D eigenvalue weighted by Crippen LogP contribution is -2.01. The topological polar surface area (TPSA) is 20.2 Å². The highest BCUT2D eigenvalue weighted by Gasteiger charge is 2.00. The Labute approximate surface area is 70.1 Å². The molecule has 0 aromatic heterocycles. The molecule has 0 rings (SSSR count). The third-order valence-electron chi connectivity index (χ3n) is 2.07. The van der Waals surface area contributed by atoms with E-state index in [-0.39, 0.29) is 0 Å². The Hall–Kier alpha value is -0.300. The van der Waals surface area contributed by atoms with Gasteiger partial charge < -0.3 is 5.11 Å². The zero-order valence-electron chi connectivity index (χ0n) is 7.71. The van der Waals surface area contributed by atoms with Crippen LogP contribution in [0.25, 0.3) is 0 Å². The van der Waals surface area contributed by atoms with Crippen LogP contribution in [0.1, 0.15) is 33.1 Å². The second-order valence-electron chi connectivity index (χ2n) is 3.43. The second-order valence-corrected chi connectivity index (χ2v) is 3.43. The van der Waals surface area contributed by atoms with Crippen molar-refractivity contribution < 1.29 is 5.11 Å². The van der Waals surface area contributed by atoms with E-state index in [1.54, 1.807) is 0 Å². The molecule has 1 heteroatoms. The van der Waals surface area contributed by atoms with E-state index in [9.17, 15) is 0 Å². The summed E-state index contributed by atoms with van der Waals surface area (Å²) in [6.07, 6.45) is 5.53. The summed E-state index contributed by atoms with van der Waals surface area (Å²) in [5.74, 6) is 1.09. The Kier molecular flexibility index (Phi) is 6.24. The molecule has 0 aromatic rings. The maximum atomic E-state index is 8.74. The van der Waals surface area contributed by atoms with Gasteiger partial charge in [-0.05, 0) is 24.7 Å². The van der Waals surface area contributed by atoms with E-state index in [0.717, 1.165) is 6.42 Å². The number of aliphatic hydroxyl groups excluding tert-OH is 1. The van der Waals surface area contributed by atoms with E-state index in [1.807, 2.05) is 6.08 Å². The van der Waals surface area contributed by atoms with Gasteiger partial charge in [0.2, 0.25) is 0 Å². The van der Waals surface area contributed by atoms with Gasteiger partial charge in [0, 0.05) is 6.61 Å². The van der Waals surface area contributed by atoms with Crippen molar-refractivity contribution >= 4 is 0 Å². The van der Waals surface area contributed by atoms with Gasteiger partial charge in [0.05, 0.1) is 0 Å². The zero-order valence-corrected chi connectivity index (χ0v) is 7.71. The van der Waals surface area contributed by atoms with E-state index in [2.05, 4.69) is 20.4 Å². The largest absolute Gasteiger partial charge is 0.396 e. The Balaban J connectivity index is 3.19. The molecule has 0 aliphatic carbocycles. The first-order chi connectivity index (χ1) is 5.20. The molecule has 0 aliphatic rings. The van der Waals surface area contributed by atoms with Crippen LogP contribution in [0.15, 0.2) is 12.7 Å². The van der Waals surface area contributed by atoms with Crippen molar-refractivity contribution in [3.63, 3.8) is 0 Å². The molecule has 2 unspecified atom stereocenters. The van der Waals surface area contributed by atoms with Gasteiger partial charge in [-0.25, -0.2) is 0 Å². The van der Waals surface area contributed by atoms with E-state index in [4.69, 9.17) is 5.11 Å². The summed E-state index contributed by atoms with van der Waals surface area (Å²) in [6, 6.07) is 0. The Bertz CT molecular complexity index is 99.0. The molecule has 0 heterocycles. The van der Waals surface area contributed by atoms with Crippen LogP contribution in [0.4, 0.5) is 0 Å². The predicted molar refractivity (Wildman–Crippen MR) is 49.5 cm³/mol. The normalized spacial score (nSPS) is 15.9. The van der Waals surface area contributed by atoms with Crippen LogP contribution in [0.3, 0.4) is 0 Å². The third-order valence-corrected chi connectivity index (χ3v) is 2.07. The van der Waals surface area contributed by atoms with Crippen molar-refractivity contribution in [2.24, 2.45) is 11.8 Å². The van der Waals surface area contributed by atoms with Gasteiger partial charge in [-0.15, -0.1) is 6.58 Å². The maximum Gasteiger partial charge on any atom is 0.0456 e. The molecule has 1 N–H and O–H groups in total. The molecule has 2 atom stereocenters. The van der Waals surface area contributed by atoms with Crippen molar-refractivity contribution in [2.45, 2.75) is 33.1 Å². The van der Waals surface area contributed by atoms with Crippen LogP contribution in [0, 0.1) is 11.8 Å². The van der Waals surface area contributed by atoms with Gasteiger partial charge in [0.1, 0.15) is 0 Å². The van der Waals surface area contributed by atoms with E-state index >= 15 is 0 Å². The smallest absolute Gasteiger partial charge is 0.0456 e. The summed E-state index contributed by atoms with van der Waals surface area (Å²) in [6.45, 7) is 8.31. The first kappa shape index (κ1) is 10.7. The lowest BCUT2D eigenvalue weighted by Gasteiger charge is -2.08. The van der Waals surface area contributed by atoms with Gasteiger partial charge in [0.25, 0.3) is 0 Å². The highest BCUT2D eigenvalue weighted by Crippen LogP contribution is 2.12. The molecule has 0 saturated heterocycles. The zero-order chi connectivity index (χ0) is 8.69. The summed E-state index contributed by atoms with van der Waals surface area (Å²) in [4.78, 5) is 0. The number of hydrogen-bond acceptors (Lipinski definition) is 1. The average molecular weight is 156 g/mol. The van der Waals surface area contributed by atoms with Gasteiger partial charge in [-0.2, -0.15) is 0 Å². The average Bonchev–Trinajstić information content (AvgIpc) is 2.04. The predicted octanol–water partition coefficient (Wildman–Crippen LogP) is 2.61. The van der Waals surface area contributed by atoms with Gasteiger partial charge in [-0.1, -0.05) is 26.3 Å². The number of allylic oxidation sites excluding steroid dienone is 1. The monoisotopic (exact) mass is 156 g/mol. The fourth-order valence-electron chi connectivity index (χ4n) is 0.997. The molecule has 0 amide bonds. The fourth-order valence-corrected chi connectivity index (χ4v) is 0.997. The minimum atomic E-state index is 0.322. The molecule has 0 aliphatic heterocycles. The van der Waals surface area contributed by atoms with Crippen molar-refractivity contribution in [2.75, 3.05) is 6.61 Å². The summed E-state index contributed by atoms with van der Waals surface area (Å²) in [7, 11) is 0. The molecule has 0 spiro atoms. The van der Waals surface area contributed by atoms with Crippen molar-refractivity contribution in [3.05, 3.63) is 12.7 Å². The number of rotatable bonds is 6.